The number of benzene rings is 1. The first kappa shape index (κ1) is 16.2. The van der Waals surface area contributed by atoms with Gasteiger partial charge in [0.05, 0.1) is 0 Å². The molecule has 2 atom stereocenters. The molecule has 118 valence electrons. The summed E-state index contributed by atoms with van der Waals surface area (Å²) in [6.07, 6.45) is 5.16. The van der Waals surface area contributed by atoms with Gasteiger partial charge in [-0.05, 0) is 55.8 Å². The lowest BCUT2D eigenvalue weighted by Gasteiger charge is -2.31. The summed E-state index contributed by atoms with van der Waals surface area (Å²) in [5, 5.41) is 3.06. The average molecular weight is 297 g/mol. The topological polar surface area (TPSA) is 21.3 Å². The van der Waals surface area contributed by atoms with Gasteiger partial charge in [-0.25, -0.2) is 8.78 Å². The van der Waals surface area contributed by atoms with Crippen LogP contribution in [0.2, 0.25) is 0 Å². The third kappa shape index (κ3) is 4.16. The summed E-state index contributed by atoms with van der Waals surface area (Å²) < 4.78 is 34.0. The third-order valence-electron chi connectivity index (χ3n) is 4.27. The highest BCUT2D eigenvalue weighted by Gasteiger charge is 2.27. The van der Waals surface area contributed by atoms with Gasteiger partial charge in [0.15, 0.2) is 17.4 Å². The zero-order valence-electron chi connectivity index (χ0n) is 12.9. The van der Waals surface area contributed by atoms with Crippen molar-refractivity contribution in [1.82, 2.24) is 5.32 Å². The molecular weight excluding hydrogens is 272 g/mol. The largest absolute Gasteiger partial charge is 0.484 e. The van der Waals surface area contributed by atoms with Crippen molar-refractivity contribution < 1.29 is 13.5 Å². The van der Waals surface area contributed by atoms with Gasteiger partial charge in [0, 0.05) is 6.54 Å². The van der Waals surface area contributed by atoms with E-state index in [0.717, 1.165) is 32.2 Å². The van der Waals surface area contributed by atoms with E-state index in [0.29, 0.717) is 18.0 Å². The molecule has 0 bridgehead atoms. The second-order valence-corrected chi connectivity index (χ2v) is 5.78. The van der Waals surface area contributed by atoms with Gasteiger partial charge >= 0.3 is 0 Å². The fraction of sp³-hybridized carbons (Fsp3) is 0.647. The SMILES string of the molecule is CCNCc1cc(F)c(OC2CCCCC2CC)c(F)c1. The Morgan fingerprint density at radius 1 is 1.14 bits per heavy atom. The van der Waals surface area contributed by atoms with E-state index in [-0.39, 0.29) is 11.9 Å². The highest BCUT2D eigenvalue weighted by molar-refractivity contribution is 5.31. The van der Waals surface area contributed by atoms with Crippen LogP contribution in [0.3, 0.4) is 0 Å². The molecule has 0 radical (unpaired) electrons. The van der Waals surface area contributed by atoms with Gasteiger partial charge in [-0.15, -0.1) is 0 Å². The van der Waals surface area contributed by atoms with Crippen LogP contribution in [0.25, 0.3) is 0 Å². The van der Waals surface area contributed by atoms with E-state index >= 15 is 0 Å². The van der Waals surface area contributed by atoms with E-state index in [1.54, 1.807) is 0 Å². The molecule has 4 heteroatoms. The molecule has 0 spiro atoms. The first-order valence-electron chi connectivity index (χ1n) is 8.01. The lowest BCUT2D eigenvalue weighted by atomic mass is 9.85. The molecule has 1 aliphatic carbocycles. The predicted molar refractivity (Wildman–Crippen MR) is 80.4 cm³/mol. The molecule has 2 nitrogen and oxygen atoms in total. The Labute approximate surface area is 125 Å². The summed E-state index contributed by atoms with van der Waals surface area (Å²) in [7, 11) is 0. The van der Waals surface area contributed by atoms with Crippen molar-refractivity contribution >= 4 is 0 Å². The number of nitrogens with one attached hydrogen (secondary N) is 1. The lowest BCUT2D eigenvalue weighted by molar-refractivity contribution is 0.0819. The van der Waals surface area contributed by atoms with Crippen LogP contribution >= 0.6 is 0 Å². The summed E-state index contributed by atoms with van der Waals surface area (Å²) in [6.45, 7) is 5.30. The maximum Gasteiger partial charge on any atom is 0.191 e. The fourth-order valence-corrected chi connectivity index (χ4v) is 3.04. The Hall–Kier alpha value is -1.16. The fourth-order valence-electron chi connectivity index (χ4n) is 3.04. The smallest absolute Gasteiger partial charge is 0.191 e. The Balaban J connectivity index is 2.12. The Kier molecular flexibility index (Phi) is 5.97. The van der Waals surface area contributed by atoms with E-state index in [1.807, 2.05) is 6.92 Å². The summed E-state index contributed by atoms with van der Waals surface area (Å²) in [6, 6.07) is 2.73. The van der Waals surface area contributed by atoms with Crippen molar-refractivity contribution in [3.63, 3.8) is 0 Å². The van der Waals surface area contributed by atoms with Gasteiger partial charge in [0.25, 0.3) is 0 Å². The minimum absolute atomic E-state index is 0.0626. The van der Waals surface area contributed by atoms with Crippen molar-refractivity contribution in [3.8, 4) is 5.75 Å². The van der Waals surface area contributed by atoms with Gasteiger partial charge < -0.3 is 10.1 Å². The monoisotopic (exact) mass is 297 g/mol. The molecule has 0 aliphatic heterocycles. The van der Waals surface area contributed by atoms with Gasteiger partial charge in [-0.2, -0.15) is 0 Å². The molecule has 1 aliphatic rings. The number of ether oxygens (including phenoxy) is 1. The van der Waals surface area contributed by atoms with Crippen LogP contribution in [-0.4, -0.2) is 12.6 Å². The molecule has 0 amide bonds. The number of hydrogen-bond donors (Lipinski definition) is 1. The van der Waals surface area contributed by atoms with Crippen molar-refractivity contribution in [3.05, 3.63) is 29.3 Å². The van der Waals surface area contributed by atoms with E-state index in [2.05, 4.69) is 12.2 Å². The van der Waals surface area contributed by atoms with E-state index in [4.69, 9.17) is 4.74 Å². The number of rotatable bonds is 6. The first-order chi connectivity index (χ1) is 10.2. The van der Waals surface area contributed by atoms with Crippen LogP contribution in [0.1, 0.15) is 51.5 Å². The second kappa shape index (κ2) is 7.74. The van der Waals surface area contributed by atoms with E-state index < -0.39 is 11.6 Å². The average Bonchev–Trinajstić information content (AvgIpc) is 2.49. The van der Waals surface area contributed by atoms with Crippen LogP contribution < -0.4 is 10.1 Å². The van der Waals surface area contributed by atoms with Crippen LogP contribution in [0.4, 0.5) is 8.78 Å². The quantitative estimate of drug-likeness (QED) is 0.839. The van der Waals surface area contributed by atoms with Crippen LogP contribution in [0.5, 0.6) is 5.75 Å². The zero-order chi connectivity index (χ0) is 15.2. The Morgan fingerprint density at radius 2 is 1.81 bits per heavy atom. The van der Waals surface area contributed by atoms with Crippen LogP contribution in [0.15, 0.2) is 12.1 Å². The van der Waals surface area contributed by atoms with Gasteiger partial charge in [0.2, 0.25) is 0 Å². The lowest BCUT2D eigenvalue weighted by Crippen LogP contribution is -2.30. The molecule has 0 aromatic heterocycles. The molecule has 1 saturated carbocycles. The van der Waals surface area contributed by atoms with Crippen molar-refractivity contribution in [2.75, 3.05) is 6.54 Å². The van der Waals surface area contributed by atoms with Gasteiger partial charge in [-0.1, -0.05) is 20.3 Å². The Morgan fingerprint density at radius 3 is 2.43 bits per heavy atom. The molecule has 2 unspecified atom stereocenters. The molecule has 2 rings (SSSR count). The molecule has 1 aromatic carbocycles. The molecule has 1 aromatic rings. The zero-order valence-corrected chi connectivity index (χ0v) is 12.9. The highest BCUT2D eigenvalue weighted by Crippen LogP contribution is 2.33. The predicted octanol–water partition coefficient (Wildman–Crippen LogP) is 4.42. The molecule has 1 N–H and O–H groups in total. The summed E-state index contributed by atoms with van der Waals surface area (Å²) in [4.78, 5) is 0. The second-order valence-electron chi connectivity index (χ2n) is 5.78. The Bertz CT molecular complexity index is 441. The third-order valence-corrected chi connectivity index (χ3v) is 4.27. The maximum absolute atomic E-state index is 14.1. The van der Waals surface area contributed by atoms with Crippen molar-refractivity contribution in [1.29, 1.82) is 0 Å². The van der Waals surface area contributed by atoms with Crippen LogP contribution in [0, 0.1) is 17.6 Å². The maximum atomic E-state index is 14.1. The summed E-state index contributed by atoms with van der Waals surface area (Å²) in [5.74, 6) is -0.994. The summed E-state index contributed by atoms with van der Waals surface area (Å²) >= 11 is 0. The number of hydrogen-bond acceptors (Lipinski definition) is 2. The minimum Gasteiger partial charge on any atom is -0.484 e. The van der Waals surface area contributed by atoms with E-state index in [9.17, 15) is 8.78 Å². The van der Waals surface area contributed by atoms with Gasteiger partial charge in [-0.3, -0.25) is 0 Å². The molecule has 0 heterocycles. The first-order valence-corrected chi connectivity index (χ1v) is 8.01. The molecule has 21 heavy (non-hydrogen) atoms. The molecular formula is C17H25F2NO. The van der Waals surface area contributed by atoms with Crippen molar-refractivity contribution in [2.45, 2.75) is 58.6 Å². The van der Waals surface area contributed by atoms with E-state index in [1.165, 1.54) is 18.6 Å². The minimum atomic E-state index is -0.594. The van der Waals surface area contributed by atoms with Crippen LogP contribution in [-0.2, 0) is 6.54 Å². The summed E-state index contributed by atoms with van der Waals surface area (Å²) in [5.41, 5.74) is 0.606. The normalized spacial score (nSPS) is 22.3. The van der Waals surface area contributed by atoms with Crippen molar-refractivity contribution in [2.24, 2.45) is 5.92 Å². The molecule has 0 saturated heterocycles. The number of halogens is 2. The molecule has 1 fully saturated rings. The highest BCUT2D eigenvalue weighted by atomic mass is 19.1. The van der Waals surface area contributed by atoms with Gasteiger partial charge in [0.1, 0.15) is 6.10 Å². The standard InChI is InChI=1S/C17H25F2NO/c1-3-13-7-5-6-8-16(13)21-17-14(18)9-12(10-15(17)19)11-20-4-2/h9-10,13,16,20H,3-8,11H2,1-2H3.